The summed E-state index contributed by atoms with van der Waals surface area (Å²) in [5.41, 5.74) is 6.90. The van der Waals surface area contributed by atoms with E-state index < -0.39 is 0 Å². The van der Waals surface area contributed by atoms with E-state index in [0.717, 1.165) is 31.5 Å². The predicted molar refractivity (Wildman–Crippen MR) is 105 cm³/mol. The van der Waals surface area contributed by atoms with Crippen LogP contribution in [0.5, 0.6) is 0 Å². The molecule has 0 radical (unpaired) electrons. The molecule has 0 bridgehead atoms. The van der Waals surface area contributed by atoms with Gasteiger partial charge in [0.1, 0.15) is 5.82 Å². The lowest BCUT2D eigenvalue weighted by Crippen LogP contribution is -2.40. The van der Waals surface area contributed by atoms with Gasteiger partial charge in [0.25, 0.3) is 0 Å². The first-order chi connectivity index (χ1) is 13.0. The summed E-state index contributed by atoms with van der Waals surface area (Å²) in [6.07, 6.45) is 1.67. The number of anilines is 2. The minimum Gasteiger partial charge on any atom is -0.368 e. The number of nitrogens with zero attached hydrogens (tertiary/aromatic N) is 5. The molecule has 1 fully saturated rings. The zero-order valence-electron chi connectivity index (χ0n) is 15.9. The third-order valence-corrected chi connectivity index (χ3v) is 4.72. The number of nitrogens with one attached hydrogen (secondary N) is 1. The van der Waals surface area contributed by atoms with Crippen molar-refractivity contribution < 1.29 is 4.79 Å². The summed E-state index contributed by atoms with van der Waals surface area (Å²) < 4.78 is 0. The minimum atomic E-state index is 0.0609. The molecule has 0 atom stereocenters. The van der Waals surface area contributed by atoms with Crippen molar-refractivity contribution in [3.63, 3.8) is 0 Å². The Morgan fingerprint density at radius 3 is 2.56 bits per heavy atom. The zero-order valence-corrected chi connectivity index (χ0v) is 15.9. The summed E-state index contributed by atoms with van der Waals surface area (Å²) in [4.78, 5) is 29.3. The van der Waals surface area contributed by atoms with Gasteiger partial charge < -0.3 is 16.0 Å². The lowest BCUT2D eigenvalue weighted by atomic mass is 9.96. The fraction of sp³-hybridized carbons (Fsp3) is 0.474. The molecule has 1 aliphatic rings. The van der Waals surface area contributed by atoms with Gasteiger partial charge in [-0.2, -0.15) is 15.0 Å². The zero-order chi connectivity index (χ0) is 19.2. The van der Waals surface area contributed by atoms with Gasteiger partial charge in [-0.15, -0.1) is 0 Å². The van der Waals surface area contributed by atoms with E-state index in [2.05, 4.69) is 25.2 Å². The molecule has 0 aliphatic carbocycles. The number of amides is 1. The van der Waals surface area contributed by atoms with Crippen molar-refractivity contribution in [1.82, 2.24) is 25.2 Å². The molecule has 1 amide bonds. The number of carbonyl (C=O) groups excluding carboxylic acids is 1. The van der Waals surface area contributed by atoms with Crippen LogP contribution >= 0.6 is 0 Å². The van der Waals surface area contributed by atoms with Crippen molar-refractivity contribution in [2.24, 2.45) is 5.92 Å². The first-order valence-corrected chi connectivity index (χ1v) is 9.23. The van der Waals surface area contributed by atoms with Gasteiger partial charge in [0.2, 0.25) is 17.8 Å². The number of likely N-dealkylation sites (tertiary alicyclic amines) is 1. The highest BCUT2D eigenvalue weighted by Gasteiger charge is 2.25. The van der Waals surface area contributed by atoms with Crippen LogP contribution in [0, 0.1) is 5.92 Å². The van der Waals surface area contributed by atoms with Crippen molar-refractivity contribution in [2.75, 3.05) is 37.8 Å². The molecule has 0 unspecified atom stereocenters. The predicted octanol–water partition coefficient (Wildman–Crippen LogP) is 1.05. The molecule has 1 saturated heterocycles. The summed E-state index contributed by atoms with van der Waals surface area (Å²) >= 11 is 0. The normalized spacial score (nSPS) is 15.5. The fourth-order valence-corrected chi connectivity index (χ4v) is 3.18. The van der Waals surface area contributed by atoms with Gasteiger partial charge in [0.15, 0.2) is 0 Å². The molecule has 3 N–H and O–H groups in total. The van der Waals surface area contributed by atoms with E-state index in [0.29, 0.717) is 24.9 Å². The Morgan fingerprint density at radius 1 is 1.19 bits per heavy atom. The monoisotopic (exact) mass is 369 g/mol. The highest BCUT2D eigenvalue weighted by molar-refractivity contribution is 5.78. The number of carbonyl (C=O) groups is 1. The topological polar surface area (TPSA) is 100 Å². The number of aromatic nitrogens is 3. The molecule has 3 rings (SSSR count). The van der Waals surface area contributed by atoms with Crippen molar-refractivity contribution >= 4 is 17.8 Å². The number of hydrogen-bond donors (Lipinski definition) is 2. The summed E-state index contributed by atoms with van der Waals surface area (Å²) in [6, 6.07) is 9.98. The summed E-state index contributed by atoms with van der Waals surface area (Å²) in [5, 5.41) is 3.05. The van der Waals surface area contributed by atoms with Crippen molar-refractivity contribution in [2.45, 2.75) is 25.9 Å². The van der Waals surface area contributed by atoms with Crippen LogP contribution in [-0.4, -0.2) is 52.9 Å². The van der Waals surface area contributed by atoms with Crippen molar-refractivity contribution in [1.29, 1.82) is 0 Å². The largest absolute Gasteiger partial charge is 0.368 e. The fourth-order valence-electron chi connectivity index (χ4n) is 3.18. The van der Waals surface area contributed by atoms with Gasteiger partial charge in [-0.25, -0.2) is 0 Å². The minimum absolute atomic E-state index is 0.0609. The van der Waals surface area contributed by atoms with E-state index in [1.807, 2.05) is 49.3 Å². The van der Waals surface area contributed by atoms with Crippen LogP contribution < -0.4 is 16.0 Å². The van der Waals surface area contributed by atoms with Crippen molar-refractivity contribution in [3.8, 4) is 0 Å². The van der Waals surface area contributed by atoms with E-state index in [9.17, 15) is 4.79 Å². The van der Waals surface area contributed by atoms with Crippen molar-refractivity contribution in [3.05, 3.63) is 41.7 Å². The molecule has 1 aliphatic heterocycles. The Balaban J connectivity index is 1.48. The molecule has 8 heteroatoms. The first kappa shape index (κ1) is 19.0. The van der Waals surface area contributed by atoms with Gasteiger partial charge in [0, 0.05) is 26.6 Å². The van der Waals surface area contributed by atoms with Gasteiger partial charge >= 0.3 is 0 Å². The Bertz CT molecular complexity index is 758. The van der Waals surface area contributed by atoms with E-state index in [-0.39, 0.29) is 17.8 Å². The second kappa shape index (κ2) is 8.77. The maximum atomic E-state index is 12.4. The number of piperidine rings is 1. The van der Waals surface area contributed by atoms with Gasteiger partial charge in [-0.05, 0) is 31.5 Å². The standard InChI is InChI=1S/C19H27N7O/c1-25(2)19-23-16(22-18(20)24-19)13-26-10-8-15(9-11-26)17(27)21-12-14-6-4-3-5-7-14/h3-7,15H,8-13H2,1-2H3,(H,21,27)(H2,20,22,23,24). The first-order valence-electron chi connectivity index (χ1n) is 9.23. The lowest BCUT2D eigenvalue weighted by molar-refractivity contribution is -0.126. The van der Waals surface area contributed by atoms with E-state index in [1.54, 1.807) is 0 Å². The van der Waals surface area contributed by atoms with Gasteiger partial charge in [-0.3, -0.25) is 9.69 Å². The lowest BCUT2D eigenvalue weighted by Gasteiger charge is -2.30. The van der Waals surface area contributed by atoms with Crippen LogP contribution in [0.25, 0.3) is 0 Å². The maximum absolute atomic E-state index is 12.4. The van der Waals surface area contributed by atoms with Crippen LogP contribution in [0.4, 0.5) is 11.9 Å². The Morgan fingerprint density at radius 2 is 1.89 bits per heavy atom. The van der Waals surface area contributed by atoms with Crippen LogP contribution in [0.3, 0.4) is 0 Å². The Kier molecular flexibility index (Phi) is 6.18. The summed E-state index contributed by atoms with van der Waals surface area (Å²) in [5.74, 6) is 1.66. The Labute approximate surface area is 159 Å². The molecule has 1 aromatic heterocycles. The smallest absolute Gasteiger partial charge is 0.229 e. The highest BCUT2D eigenvalue weighted by atomic mass is 16.1. The molecule has 8 nitrogen and oxygen atoms in total. The van der Waals surface area contributed by atoms with Crippen LogP contribution in [0.15, 0.2) is 30.3 Å². The summed E-state index contributed by atoms with van der Waals surface area (Å²) in [7, 11) is 3.75. The van der Waals surface area contributed by atoms with E-state index in [4.69, 9.17) is 5.73 Å². The number of hydrogen-bond acceptors (Lipinski definition) is 7. The average molecular weight is 369 g/mol. The molecule has 27 heavy (non-hydrogen) atoms. The SMILES string of the molecule is CN(C)c1nc(N)nc(CN2CCC(C(=O)NCc3ccccc3)CC2)n1. The molecule has 1 aromatic carbocycles. The number of nitrogens with two attached hydrogens (primary N) is 1. The van der Waals surface area contributed by atoms with E-state index in [1.165, 1.54) is 0 Å². The molecule has 2 heterocycles. The molecular weight excluding hydrogens is 342 g/mol. The van der Waals surface area contributed by atoms with Gasteiger partial charge in [0.05, 0.1) is 6.54 Å². The second-order valence-corrected chi connectivity index (χ2v) is 7.06. The molecule has 0 spiro atoms. The average Bonchev–Trinajstić information content (AvgIpc) is 2.67. The highest BCUT2D eigenvalue weighted by Crippen LogP contribution is 2.19. The van der Waals surface area contributed by atoms with Gasteiger partial charge in [-0.1, -0.05) is 30.3 Å². The third kappa shape index (κ3) is 5.37. The number of benzene rings is 1. The van der Waals surface area contributed by atoms with Crippen LogP contribution in [-0.2, 0) is 17.9 Å². The molecule has 0 saturated carbocycles. The second-order valence-electron chi connectivity index (χ2n) is 7.06. The third-order valence-electron chi connectivity index (χ3n) is 4.72. The maximum Gasteiger partial charge on any atom is 0.229 e. The van der Waals surface area contributed by atoms with E-state index >= 15 is 0 Å². The quantitative estimate of drug-likeness (QED) is 0.785. The number of rotatable bonds is 6. The van der Waals surface area contributed by atoms with Crippen LogP contribution in [0.2, 0.25) is 0 Å². The molecule has 144 valence electrons. The van der Waals surface area contributed by atoms with Crippen LogP contribution in [0.1, 0.15) is 24.2 Å². The summed E-state index contributed by atoms with van der Waals surface area (Å²) in [6.45, 7) is 2.88. The number of nitrogen functional groups attached to an aromatic ring is 1. The molecular formula is C19H27N7O. The Hall–Kier alpha value is -2.74. The molecule has 2 aromatic rings.